The molecule has 0 aromatic rings. The number of nitrogens with two attached hydrogens (primary N) is 2. The maximum absolute atomic E-state index is 11.0. The summed E-state index contributed by atoms with van der Waals surface area (Å²) in [6.07, 6.45) is 4.03. The van der Waals surface area contributed by atoms with Crippen LogP contribution in [0.4, 0.5) is 0 Å². The van der Waals surface area contributed by atoms with Crippen LogP contribution in [0, 0.1) is 0 Å². The molecular weight excluding hydrogens is 220 g/mol. The van der Waals surface area contributed by atoms with Gasteiger partial charge in [-0.3, -0.25) is 14.5 Å². The number of amides is 2. The third-order valence-corrected chi connectivity index (χ3v) is 3.34. The van der Waals surface area contributed by atoms with Gasteiger partial charge in [0.05, 0.1) is 13.1 Å². The molecule has 0 heterocycles. The predicted molar refractivity (Wildman–Crippen MR) is 65.1 cm³/mol. The maximum Gasteiger partial charge on any atom is 0.231 e. The first-order chi connectivity index (χ1) is 8.02. The number of carbonyl (C=O) groups is 2. The zero-order valence-corrected chi connectivity index (χ0v) is 10.3. The molecule has 0 aromatic carbocycles. The van der Waals surface area contributed by atoms with Crippen molar-refractivity contribution in [2.75, 3.05) is 20.1 Å². The number of primary amides is 2. The molecule has 0 radical (unpaired) electrons. The van der Waals surface area contributed by atoms with Gasteiger partial charge in [0.2, 0.25) is 11.8 Å². The number of carbonyl (C=O) groups excluding carboxylic acids is 2. The molecule has 0 spiro atoms. The molecule has 1 fully saturated rings. The smallest absolute Gasteiger partial charge is 0.231 e. The van der Waals surface area contributed by atoms with E-state index in [0.29, 0.717) is 6.04 Å². The minimum Gasteiger partial charge on any atom is -0.369 e. The third kappa shape index (κ3) is 4.70. The first-order valence-electron chi connectivity index (χ1n) is 6.01. The lowest BCUT2D eigenvalue weighted by Crippen LogP contribution is -2.48. The van der Waals surface area contributed by atoms with Gasteiger partial charge >= 0.3 is 0 Å². The molecule has 1 aliphatic carbocycles. The number of hydrogen-bond donors (Lipinski definition) is 3. The minimum atomic E-state index is -0.415. The summed E-state index contributed by atoms with van der Waals surface area (Å²) in [5, 5.41) is 3.24. The fraction of sp³-hybridized carbons (Fsp3) is 0.818. The van der Waals surface area contributed by atoms with E-state index in [1.807, 2.05) is 7.05 Å². The van der Waals surface area contributed by atoms with Gasteiger partial charge in [-0.25, -0.2) is 0 Å². The fourth-order valence-corrected chi connectivity index (χ4v) is 2.44. The lowest BCUT2D eigenvalue weighted by Gasteiger charge is -2.35. The van der Waals surface area contributed by atoms with Crippen LogP contribution in [0.15, 0.2) is 0 Å². The molecule has 1 saturated carbocycles. The molecule has 6 nitrogen and oxygen atoms in total. The first kappa shape index (κ1) is 13.9. The zero-order valence-electron chi connectivity index (χ0n) is 10.3. The summed E-state index contributed by atoms with van der Waals surface area (Å²) in [4.78, 5) is 23.7. The van der Waals surface area contributed by atoms with Crippen LogP contribution in [0.1, 0.15) is 25.7 Å². The Balaban J connectivity index is 2.52. The fourth-order valence-electron chi connectivity index (χ4n) is 2.44. The molecule has 0 aromatic heterocycles. The lowest BCUT2D eigenvalue weighted by molar-refractivity contribution is -0.123. The lowest BCUT2D eigenvalue weighted by atomic mass is 9.90. The van der Waals surface area contributed by atoms with E-state index in [-0.39, 0.29) is 19.1 Å². The van der Waals surface area contributed by atoms with E-state index in [1.165, 1.54) is 0 Å². The standard InChI is InChI=1S/C11H22N4O2/c1-14-8-2-4-9(5-3-8)15(6-10(12)16)7-11(13)17/h8-9,14H,2-7H2,1H3,(H2,12,16)(H2,13,17). The van der Waals surface area contributed by atoms with Gasteiger partial charge < -0.3 is 16.8 Å². The molecule has 1 rings (SSSR count). The number of nitrogens with one attached hydrogen (secondary N) is 1. The Hall–Kier alpha value is -1.14. The van der Waals surface area contributed by atoms with E-state index in [2.05, 4.69) is 5.32 Å². The molecule has 17 heavy (non-hydrogen) atoms. The van der Waals surface area contributed by atoms with Crippen LogP contribution in [-0.4, -0.2) is 48.9 Å². The van der Waals surface area contributed by atoms with E-state index in [9.17, 15) is 9.59 Å². The largest absolute Gasteiger partial charge is 0.369 e. The van der Waals surface area contributed by atoms with Crippen molar-refractivity contribution in [1.82, 2.24) is 10.2 Å². The molecule has 0 atom stereocenters. The Bertz CT molecular complexity index is 259. The predicted octanol–water partition coefficient (Wildman–Crippen LogP) is -1.21. The second-order valence-corrected chi connectivity index (χ2v) is 4.63. The third-order valence-electron chi connectivity index (χ3n) is 3.34. The second kappa shape index (κ2) is 6.56. The summed E-state index contributed by atoms with van der Waals surface area (Å²) in [6.45, 7) is 0.218. The van der Waals surface area contributed by atoms with Crippen molar-refractivity contribution >= 4 is 11.8 Å². The molecular formula is C11H22N4O2. The van der Waals surface area contributed by atoms with Crippen molar-refractivity contribution in [2.24, 2.45) is 11.5 Å². The topological polar surface area (TPSA) is 101 Å². The molecule has 0 unspecified atom stereocenters. The molecule has 1 aliphatic rings. The van der Waals surface area contributed by atoms with E-state index < -0.39 is 11.8 Å². The van der Waals surface area contributed by atoms with Gasteiger partial charge in [0, 0.05) is 12.1 Å². The van der Waals surface area contributed by atoms with Crippen molar-refractivity contribution in [2.45, 2.75) is 37.8 Å². The van der Waals surface area contributed by atoms with Crippen LogP contribution in [0.5, 0.6) is 0 Å². The zero-order chi connectivity index (χ0) is 12.8. The highest BCUT2D eigenvalue weighted by molar-refractivity contribution is 5.79. The monoisotopic (exact) mass is 242 g/mol. The average Bonchev–Trinajstić information content (AvgIpc) is 2.27. The summed E-state index contributed by atoms with van der Waals surface area (Å²) in [6, 6.07) is 0.773. The molecule has 98 valence electrons. The molecule has 2 amide bonds. The highest BCUT2D eigenvalue weighted by Gasteiger charge is 2.26. The van der Waals surface area contributed by atoms with Crippen molar-refractivity contribution < 1.29 is 9.59 Å². The Morgan fingerprint density at radius 2 is 1.59 bits per heavy atom. The van der Waals surface area contributed by atoms with Gasteiger partial charge in [-0.1, -0.05) is 0 Å². The summed E-state index contributed by atoms with van der Waals surface area (Å²) < 4.78 is 0. The van der Waals surface area contributed by atoms with Crippen LogP contribution in [-0.2, 0) is 9.59 Å². The van der Waals surface area contributed by atoms with Crippen molar-refractivity contribution in [1.29, 1.82) is 0 Å². The van der Waals surface area contributed by atoms with Crippen molar-refractivity contribution in [3.8, 4) is 0 Å². The summed E-state index contributed by atoms with van der Waals surface area (Å²) in [5.74, 6) is -0.830. The van der Waals surface area contributed by atoms with Gasteiger partial charge in [-0.2, -0.15) is 0 Å². The summed E-state index contributed by atoms with van der Waals surface area (Å²) in [7, 11) is 1.95. The molecule has 0 aliphatic heterocycles. The summed E-state index contributed by atoms with van der Waals surface area (Å²) in [5.41, 5.74) is 10.4. The quantitative estimate of drug-likeness (QED) is 0.544. The normalized spacial score (nSPS) is 24.8. The molecule has 0 bridgehead atoms. The van der Waals surface area contributed by atoms with Gasteiger partial charge in [-0.15, -0.1) is 0 Å². The SMILES string of the molecule is CNC1CCC(N(CC(N)=O)CC(N)=O)CC1. The van der Waals surface area contributed by atoms with Crippen LogP contribution >= 0.6 is 0 Å². The maximum atomic E-state index is 11.0. The van der Waals surface area contributed by atoms with Crippen molar-refractivity contribution in [3.63, 3.8) is 0 Å². The molecule has 6 heteroatoms. The second-order valence-electron chi connectivity index (χ2n) is 4.63. The highest BCUT2D eigenvalue weighted by Crippen LogP contribution is 2.22. The number of hydrogen-bond acceptors (Lipinski definition) is 4. The van der Waals surface area contributed by atoms with E-state index >= 15 is 0 Å². The Kier molecular flexibility index (Phi) is 5.37. The van der Waals surface area contributed by atoms with Crippen LogP contribution < -0.4 is 16.8 Å². The van der Waals surface area contributed by atoms with Gasteiger partial charge in [0.15, 0.2) is 0 Å². The Morgan fingerprint density at radius 1 is 1.12 bits per heavy atom. The molecule has 0 saturated heterocycles. The van der Waals surface area contributed by atoms with Crippen LogP contribution in [0.3, 0.4) is 0 Å². The van der Waals surface area contributed by atoms with E-state index in [1.54, 1.807) is 4.90 Å². The van der Waals surface area contributed by atoms with Crippen molar-refractivity contribution in [3.05, 3.63) is 0 Å². The average molecular weight is 242 g/mol. The minimum absolute atomic E-state index is 0.109. The van der Waals surface area contributed by atoms with Crippen LogP contribution in [0.25, 0.3) is 0 Å². The number of rotatable bonds is 6. The first-order valence-corrected chi connectivity index (χ1v) is 6.01. The van der Waals surface area contributed by atoms with Gasteiger partial charge in [0.1, 0.15) is 0 Å². The summed E-state index contributed by atoms with van der Waals surface area (Å²) >= 11 is 0. The van der Waals surface area contributed by atoms with Crippen LogP contribution in [0.2, 0.25) is 0 Å². The number of nitrogens with zero attached hydrogens (tertiary/aromatic N) is 1. The highest BCUT2D eigenvalue weighted by atomic mass is 16.2. The van der Waals surface area contributed by atoms with Gasteiger partial charge in [0.25, 0.3) is 0 Å². The molecule has 5 N–H and O–H groups in total. The Morgan fingerprint density at radius 3 is 1.94 bits per heavy atom. The van der Waals surface area contributed by atoms with Gasteiger partial charge in [-0.05, 0) is 32.7 Å². The van der Waals surface area contributed by atoms with E-state index in [0.717, 1.165) is 25.7 Å². The van der Waals surface area contributed by atoms with E-state index in [4.69, 9.17) is 11.5 Å². The Labute approximate surface area is 102 Å².